The van der Waals surface area contributed by atoms with Crippen molar-refractivity contribution in [3.05, 3.63) is 60.4 Å². The molecule has 2 N–H and O–H groups in total. The molecule has 0 aliphatic carbocycles. The number of nitrogens with one attached hydrogen (secondary N) is 1. The molecule has 2 aromatic carbocycles. The number of hydrogen-bond acceptors (Lipinski definition) is 1. The van der Waals surface area contributed by atoms with E-state index in [1.807, 2.05) is 42.5 Å². The first kappa shape index (κ1) is 10.6. The first-order valence-corrected chi connectivity index (χ1v) is 5.65. The van der Waals surface area contributed by atoms with E-state index in [1.165, 1.54) is 0 Å². The Balaban J connectivity index is 2.19. The molecular weight excluding hydrogens is 226 g/mol. The van der Waals surface area contributed by atoms with Gasteiger partial charge in [0.05, 0.1) is 0 Å². The third-order valence-electron chi connectivity index (χ3n) is 3.02. The minimum Gasteiger partial charge on any atom is -0.477 e. The number of carbonyl (C=O) groups is 1. The maximum Gasteiger partial charge on any atom is 0.352 e. The first-order chi connectivity index (χ1) is 8.75. The number of H-pyrrole nitrogens is 1. The van der Waals surface area contributed by atoms with E-state index < -0.39 is 5.97 Å². The van der Waals surface area contributed by atoms with Crippen LogP contribution in [0.3, 0.4) is 0 Å². The summed E-state index contributed by atoms with van der Waals surface area (Å²) in [7, 11) is 0. The van der Waals surface area contributed by atoms with Gasteiger partial charge in [-0.2, -0.15) is 0 Å². The zero-order valence-electron chi connectivity index (χ0n) is 9.55. The van der Waals surface area contributed by atoms with Crippen LogP contribution >= 0.6 is 0 Å². The lowest BCUT2D eigenvalue weighted by Gasteiger charge is -2.03. The van der Waals surface area contributed by atoms with Crippen molar-refractivity contribution in [1.82, 2.24) is 4.98 Å². The summed E-state index contributed by atoms with van der Waals surface area (Å²) in [6.07, 6.45) is 1.65. The van der Waals surface area contributed by atoms with Crippen LogP contribution in [0.15, 0.2) is 54.7 Å². The van der Waals surface area contributed by atoms with Crippen LogP contribution in [0.2, 0.25) is 0 Å². The SMILES string of the molecule is O=C(O)c1[nH]ccc1-c1ccc2ccccc2c1. The number of hydrogen-bond donors (Lipinski definition) is 2. The number of benzene rings is 2. The van der Waals surface area contributed by atoms with Crippen molar-refractivity contribution in [2.45, 2.75) is 0 Å². The van der Waals surface area contributed by atoms with Gasteiger partial charge in [-0.3, -0.25) is 0 Å². The molecule has 1 heterocycles. The van der Waals surface area contributed by atoms with Gasteiger partial charge in [-0.15, -0.1) is 0 Å². The Morgan fingerprint density at radius 3 is 2.56 bits per heavy atom. The van der Waals surface area contributed by atoms with Crippen LogP contribution in [-0.2, 0) is 0 Å². The third kappa shape index (κ3) is 1.66. The zero-order valence-corrected chi connectivity index (χ0v) is 9.55. The molecule has 0 aliphatic rings. The number of carboxylic acids is 1. The number of aromatic amines is 1. The molecular formula is C15H11NO2. The molecule has 0 atom stereocenters. The van der Waals surface area contributed by atoms with Gasteiger partial charge in [0.15, 0.2) is 0 Å². The van der Waals surface area contributed by atoms with Crippen molar-refractivity contribution in [2.24, 2.45) is 0 Å². The van der Waals surface area contributed by atoms with Crippen molar-refractivity contribution >= 4 is 16.7 Å². The molecule has 3 rings (SSSR count). The maximum absolute atomic E-state index is 11.1. The van der Waals surface area contributed by atoms with Crippen LogP contribution in [0, 0.1) is 0 Å². The number of aromatic nitrogens is 1. The van der Waals surface area contributed by atoms with Gasteiger partial charge in [-0.25, -0.2) is 4.79 Å². The molecule has 0 radical (unpaired) electrons. The smallest absolute Gasteiger partial charge is 0.352 e. The van der Waals surface area contributed by atoms with Crippen molar-refractivity contribution in [3.8, 4) is 11.1 Å². The summed E-state index contributed by atoms with van der Waals surface area (Å²) in [5.74, 6) is -0.942. The molecule has 0 saturated carbocycles. The lowest BCUT2D eigenvalue weighted by Crippen LogP contribution is -1.98. The monoisotopic (exact) mass is 237 g/mol. The number of fused-ring (bicyclic) bond motifs is 1. The van der Waals surface area contributed by atoms with E-state index in [-0.39, 0.29) is 5.69 Å². The molecule has 88 valence electrons. The molecule has 0 aliphatic heterocycles. The fourth-order valence-corrected chi connectivity index (χ4v) is 2.14. The predicted octanol–water partition coefficient (Wildman–Crippen LogP) is 3.53. The molecule has 0 amide bonds. The zero-order chi connectivity index (χ0) is 12.5. The van der Waals surface area contributed by atoms with Gasteiger partial charge >= 0.3 is 5.97 Å². The highest BCUT2D eigenvalue weighted by Gasteiger charge is 2.12. The lowest BCUT2D eigenvalue weighted by molar-refractivity contribution is 0.0692. The molecule has 0 unspecified atom stereocenters. The van der Waals surface area contributed by atoms with Gasteiger partial charge in [0, 0.05) is 11.8 Å². The lowest BCUT2D eigenvalue weighted by atomic mass is 10.0. The summed E-state index contributed by atoms with van der Waals surface area (Å²) in [5, 5.41) is 11.3. The van der Waals surface area contributed by atoms with E-state index in [4.69, 9.17) is 5.11 Å². The van der Waals surface area contributed by atoms with Crippen molar-refractivity contribution < 1.29 is 9.90 Å². The number of carboxylic acid groups (broad SMARTS) is 1. The second kappa shape index (κ2) is 4.04. The highest BCUT2D eigenvalue weighted by Crippen LogP contribution is 2.26. The summed E-state index contributed by atoms with van der Waals surface area (Å²) in [4.78, 5) is 13.8. The first-order valence-electron chi connectivity index (χ1n) is 5.65. The molecule has 0 fully saturated rings. The van der Waals surface area contributed by atoms with Gasteiger partial charge in [0.1, 0.15) is 5.69 Å². The molecule has 0 bridgehead atoms. The fraction of sp³-hybridized carbons (Fsp3) is 0. The number of aromatic carboxylic acids is 1. The van der Waals surface area contributed by atoms with Crippen LogP contribution in [0.1, 0.15) is 10.5 Å². The number of rotatable bonds is 2. The summed E-state index contributed by atoms with van der Waals surface area (Å²) >= 11 is 0. The Labute approximate surface area is 104 Å². The van der Waals surface area contributed by atoms with Crippen molar-refractivity contribution in [1.29, 1.82) is 0 Å². The average Bonchev–Trinajstić information content (AvgIpc) is 2.87. The van der Waals surface area contributed by atoms with E-state index in [0.717, 1.165) is 16.3 Å². The molecule has 0 spiro atoms. The third-order valence-corrected chi connectivity index (χ3v) is 3.02. The van der Waals surface area contributed by atoms with E-state index in [0.29, 0.717) is 5.56 Å². The average molecular weight is 237 g/mol. The van der Waals surface area contributed by atoms with E-state index >= 15 is 0 Å². The Morgan fingerprint density at radius 1 is 1.00 bits per heavy atom. The highest BCUT2D eigenvalue weighted by atomic mass is 16.4. The molecule has 3 nitrogen and oxygen atoms in total. The van der Waals surface area contributed by atoms with Gasteiger partial charge in [-0.05, 0) is 28.5 Å². The van der Waals surface area contributed by atoms with Crippen LogP contribution in [-0.4, -0.2) is 16.1 Å². The van der Waals surface area contributed by atoms with Crippen molar-refractivity contribution in [3.63, 3.8) is 0 Å². The predicted molar refractivity (Wildman–Crippen MR) is 70.7 cm³/mol. The van der Waals surface area contributed by atoms with Gasteiger partial charge in [-0.1, -0.05) is 36.4 Å². The Hall–Kier alpha value is -2.55. The fourth-order valence-electron chi connectivity index (χ4n) is 2.14. The van der Waals surface area contributed by atoms with Gasteiger partial charge in [0.25, 0.3) is 0 Å². The van der Waals surface area contributed by atoms with Gasteiger partial charge < -0.3 is 10.1 Å². The van der Waals surface area contributed by atoms with E-state index in [9.17, 15) is 4.79 Å². The molecule has 3 heteroatoms. The van der Waals surface area contributed by atoms with E-state index in [2.05, 4.69) is 4.98 Å². The highest BCUT2D eigenvalue weighted by molar-refractivity contribution is 5.96. The quantitative estimate of drug-likeness (QED) is 0.716. The summed E-state index contributed by atoms with van der Waals surface area (Å²) in [6, 6.07) is 15.8. The normalized spacial score (nSPS) is 10.7. The van der Waals surface area contributed by atoms with E-state index in [1.54, 1.807) is 12.3 Å². The van der Waals surface area contributed by atoms with Gasteiger partial charge in [0.2, 0.25) is 0 Å². The second-order valence-electron chi connectivity index (χ2n) is 4.13. The Morgan fingerprint density at radius 2 is 1.78 bits per heavy atom. The maximum atomic E-state index is 11.1. The van der Waals surface area contributed by atoms with Crippen LogP contribution in [0.25, 0.3) is 21.9 Å². The minimum atomic E-state index is -0.942. The standard InChI is InChI=1S/C15H11NO2/c17-15(18)14-13(7-8-16-14)12-6-5-10-3-1-2-4-11(10)9-12/h1-9,16H,(H,17,18). The topological polar surface area (TPSA) is 53.1 Å². The molecule has 1 aromatic heterocycles. The van der Waals surface area contributed by atoms with Crippen LogP contribution in [0.5, 0.6) is 0 Å². The minimum absolute atomic E-state index is 0.227. The van der Waals surface area contributed by atoms with Crippen molar-refractivity contribution in [2.75, 3.05) is 0 Å². The Bertz CT molecular complexity index is 728. The Kier molecular flexibility index (Phi) is 2.38. The molecule has 0 saturated heterocycles. The summed E-state index contributed by atoms with van der Waals surface area (Å²) in [6.45, 7) is 0. The molecule has 3 aromatic rings. The second-order valence-corrected chi connectivity index (χ2v) is 4.13. The summed E-state index contributed by atoms with van der Waals surface area (Å²) in [5.41, 5.74) is 1.85. The summed E-state index contributed by atoms with van der Waals surface area (Å²) < 4.78 is 0. The largest absolute Gasteiger partial charge is 0.477 e. The van der Waals surface area contributed by atoms with Crippen LogP contribution < -0.4 is 0 Å². The van der Waals surface area contributed by atoms with Crippen LogP contribution in [0.4, 0.5) is 0 Å². The molecule has 18 heavy (non-hydrogen) atoms.